The minimum atomic E-state index is -0.358. The highest BCUT2D eigenvalue weighted by Crippen LogP contribution is 2.36. The van der Waals surface area contributed by atoms with Gasteiger partial charge in [0.1, 0.15) is 5.82 Å². The molecule has 2 radical (unpaired) electrons. The Kier molecular flexibility index (Phi) is 3.61. The second-order valence-corrected chi connectivity index (χ2v) is 7.88. The summed E-state index contributed by atoms with van der Waals surface area (Å²) in [6.45, 7) is 9.18. The van der Waals surface area contributed by atoms with Crippen LogP contribution < -0.4 is 5.46 Å². The zero-order valence-corrected chi connectivity index (χ0v) is 14.8. The largest absolute Gasteiger partial charge is 0.494 e. The van der Waals surface area contributed by atoms with Crippen molar-refractivity contribution < 1.29 is 9.31 Å². The van der Waals surface area contributed by atoms with E-state index < -0.39 is 0 Å². The summed E-state index contributed by atoms with van der Waals surface area (Å²) in [7, 11) is 5.70. The standard InChI is InChI=1S/C17H23B2N3O2/c1-16(2)17(3,4)24-19(23-16)11-7-8-12-13(10-11)21-15(20-12)14-6-5-9-22(14)18/h7-8,10,14H,5-6,9H2,1-4H3,(H,20,21)/t14-/m0/s1. The predicted octanol–water partition coefficient (Wildman–Crippen LogP) is 2.08. The number of fused-ring (bicyclic) bond motifs is 1. The highest BCUT2D eigenvalue weighted by molar-refractivity contribution is 6.62. The molecule has 1 atom stereocenters. The first-order chi connectivity index (χ1) is 11.3. The van der Waals surface area contributed by atoms with Gasteiger partial charge in [-0.25, -0.2) is 4.98 Å². The molecule has 2 aromatic rings. The molecule has 2 fully saturated rings. The molecule has 4 rings (SSSR count). The molecule has 3 heterocycles. The summed E-state index contributed by atoms with van der Waals surface area (Å²) < 4.78 is 12.3. The molecule has 0 saturated carbocycles. The first-order valence-electron chi connectivity index (χ1n) is 8.63. The Labute approximate surface area is 144 Å². The van der Waals surface area contributed by atoms with Gasteiger partial charge in [-0.15, -0.1) is 0 Å². The van der Waals surface area contributed by atoms with Gasteiger partial charge in [-0.2, -0.15) is 0 Å². The summed E-state index contributed by atoms with van der Waals surface area (Å²) in [6, 6.07) is 6.30. The van der Waals surface area contributed by atoms with Gasteiger partial charge in [0, 0.05) is 0 Å². The minimum Gasteiger partial charge on any atom is -0.399 e. The topological polar surface area (TPSA) is 50.4 Å². The number of nitrogens with one attached hydrogen (secondary N) is 1. The van der Waals surface area contributed by atoms with Gasteiger partial charge in [0.2, 0.25) is 0 Å². The SMILES string of the molecule is [B]N1CCC[C@H]1c1nc2ccc(B3OC(C)(C)C(C)(C)O3)cc2[nH]1. The quantitative estimate of drug-likeness (QED) is 0.860. The number of nitrogens with zero attached hydrogens (tertiary/aromatic N) is 2. The van der Waals surface area contributed by atoms with Crippen LogP contribution >= 0.6 is 0 Å². The van der Waals surface area contributed by atoms with Crippen molar-refractivity contribution in [1.29, 1.82) is 0 Å². The van der Waals surface area contributed by atoms with Crippen molar-refractivity contribution >= 4 is 31.6 Å². The van der Waals surface area contributed by atoms with Crippen molar-refractivity contribution in [1.82, 2.24) is 14.8 Å². The first-order valence-corrected chi connectivity index (χ1v) is 8.63. The molecule has 24 heavy (non-hydrogen) atoms. The predicted molar refractivity (Wildman–Crippen MR) is 96.2 cm³/mol. The second-order valence-electron chi connectivity index (χ2n) is 7.88. The maximum atomic E-state index is 6.14. The van der Waals surface area contributed by atoms with Crippen molar-refractivity contribution in [2.75, 3.05) is 6.54 Å². The Morgan fingerprint density at radius 3 is 2.58 bits per heavy atom. The van der Waals surface area contributed by atoms with Crippen LogP contribution in [0.15, 0.2) is 18.2 Å². The third-order valence-corrected chi connectivity index (χ3v) is 5.66. The van der Waals surface area contributed by atoms with Gasteiger partial charge >= 0.3 is 7.12 Å². The van der Waals surface area contributed by atoms with Crippen LogP contribution in [-0.2, 0) is 9.31 Å². The van der Waals surface area contributed by atoms with E-state index in [1.165, 1.54) is 0 Å². The molecule has 2 aliphatic rings. The van der Waals surface area contributed by atoms with E-state index in [1.807, 2.05) is 16.9 Å². The molecule has 0 spiro atoms. The van der Waals surface area contributed by atoms with Gasteiger partial charge in [-0.3, -0.25) is 0 Å². The summed E-state index contributed by atoms with van der Waals surface area (Å²) in [4.78, 5) is 10.0. The van der Waals surface area contributed by atoms with Crippen LogP contribution in [0.5, 0.6) is 0 Å². The van der Waals surface area contributed by atoms with Gasteiger partial charge in [-0.05, 0) is 64.7 Å². The number of benzene rings is 1. The highest BCUT2D eigenvalue weighted by Gasteiger charge is 2.51. The molecule has 5 nitrogen and oxygen atoms in total. The normalized spacial score (nSPS) is 26.5. The number of hydrogen-bond acceptors (Lipinski definition) is 4. The third kappa shape index (κ3) is 2.50. The van der Waals surface area contributed by atoms with Gasteiger partial charge in [0.25, 0.3) is 0 Å². The molecule has 1 aromatic heterocycles. The number of H-pyrrole nitrogens is 1. The molecule has 124 valence electrons. The van der Waals surface area contributed by atoms with Crippen LogP contribution in [0.1, 0.15) is 52.4 Å². The van der Waals surface area contributed by atoms with E-state index in [0.717, 1.165) is 41.7 Å². The van der Waals surface area contributed by atoms with Gasteiger partial charge in [-0.1, -0.05) is 6.07 Å². The lowest BCUT2D eigenvalue weighted by molar-refractivity contribution is 0.00578. The zero-order valence-electron chi connectivity index (χ0n) is 14.8. The average molecular weight is 323 g/mol. The molecule has 1 aromatic carbocycles. The molecule has 2 aliphatic heterocycles. The summed E-state index contributed by atoms with van der Waals surface area (Å²) >= 11 is 0. The average Bonchev–Trinajstić information content (AvgIpc) is 3.14. The third-order valence-electron chi connectivity index (χ3n) is 5.66. The van der Waals surface area contributed by atoms with Crippen molar-refractivity contribution in [2.45, 2.75) is 57.8 Å². The van der Waals surface area contributed by atoms with Gasteiger partial charge in [0.05, 0.1) is 28.3 Å². The zero-order chi connectivity index (χ0) is 17.1. The molecular weight excluding hydrogens is 300 g/mol. The Hall–Kier alpha value is -1.30. The fraction of sp³-hybridized carbons (Fsp3) is 0.588. The number of hydrogen-bond donors (Lipinski definition) is 1. The van der Waals surface area contributed by atoms with E-state index >= 15 is 0 Å². The minimum absolute atomic E-state index is 0.178. The van der Waals surface area contributed by atoms with Crippen molar-refractivity contribution in [2.24, 2.45) is 0 Å². The number of aromatic nitrogens is 2. The lowest BCUT2D eigenvalue weighted by Gasteiger charge is -2.32. The molecule has 0 bridgehead atoms. The maximum absolute atomic E-state index is 6.14. The smallest absolute Gasteiger partial charge is 0.399 e. The van der Waals surface area contributed by atoms with E-state index in [-0.39, 0.29) is 24.4 Å². The van der Waals surface area contributed by atoms with Crippen molar-refractivity contribution in [3.8, 4) is 0 Å². The van der Waals surface area contributed by atoms with E-state index in [2.05, 4.69) is 38.7 Å². The van der Waals surface area contributed by atoms with E-state index in [0.29, 0.717) is 0 Å². The van der Waals surface area contributed by atoms with Crippen LogP contribution in [0.3, 0.4) is 0 Å². The summed E-state index contributed by atoms with van der Waals surface area (Å²) in [5, 5.41) is 0. The lowest BCUT2D eigenvalue weighted by atomic mass is 9.79. The molecule has 0 unspecified atom stereocenters. The molecular formula is C17H23B2N3O2. The van der Waals surface area contributed by atoms with Crippen LogP contribution in [-0.4, -0.2) is 47.6 Å². The Morgan fingerprint density at radius 1 is 1.25 bits per heavy atom. The van der Waals surface area contributed by atoms with Crippen molar-refractivity contribution in [3.63, 3.8) is 0 Å². The second kappa shape index (κ2) is 5.35. The fourth-order valence-electron chi connectivity index (χ4n) is 3.41. The molecule has 2 saturated heterocycles. The van der Waals surface area contributed by atoms with Crippen LogP contribution in [0, 0.1) is 0 Å². The molecule has 0 aliphatic carbocycles. The van der Waals surface area contributed by atoms with Gasteiger partial charge < -0.3 is 19.1 Å². The van der Waals surface area contributed by atoms with Crippen LogP contribution in [0.2, 0.25) is 0 Å². The van der Waals surface area contributed by atoms with Crippen LogP contribution in [0.25, 0.3) is 11.0 Å². The van der Waals surface area contributed by atoms with Crippen molar-refractivity contribution in [3.05, 3.63) is 24.0 Å². The van der Waals surface area contributed by atoms with Crippen LogP contribution in [0.4, 0.5) is 0 Å². The monoisotopic (exact) mass is 323 g/mol. The van der Waals surface area contributed by atoms with E-state index in [9.17, 15) is 0 Å². The summed E-state index contributed by atoms with van der Waals surface area (Å²) in [5.74, 6) is 0.941. The molecule has 7 heteroatoms. The number of imidazole rings is 1. The number of rotatable bonds is 2. The first kappa shape index (κ1) is 16.2. The van der Waals surface area contributed by atoms with E-state index in [4.69, 9.17) is 22.3 Å². The Morgan fingerprint density at radius 2 is 1.96 bits per heavy atom. The Bertz CT molecular complexity index is 758. The fourth-order valence-corrected chi connectivity index (χ4v) is 3.41. The molecule has 0 amide bonds. The summed E-state index contributed by atoms with van der Waals surface area (Å²) in [5.41, 5.74) is 2.28. The number of aromatic amines is 1. The molecule has 1 N–H and O–H groups in total. The van der Waals surface area contributed by atoms with Gasteiger partial charge in [0.15, 0.2) is 7.98 Å². The Balaban J connectivity index is 1.64. The lowest BCUT2D eigenvalue weighted by Crippen LogP contribution is -2.41. The van der Waals surface area contributed by atoms with E-state index in [1.54, 1.807) is 0 Å². The summed E-state index contributed by atoms with van der Waals surface area (Å²) in [6.07, 6.45) is 2.15. The highest BCUT2D eigenvalue weighted by atomic mass is 16.7. The maximum Gasteiger partial charge on any atom is 0.494 e.